The SMILES string of the molecule is COc1ccc(CNC(=O)[C@]2(Cc3ccccc3)N=C(c3ccc(OCCCO)cc3)O[C@@H]2c2ccc(Cl)cc2Cl)c(OC)c1. The Morgan fingerprint density at radius 1 is 0.956 bits per heavy atom. The summed E-state index contributed by atoms with van der Waals surface area (Å²) in [7, 11) is 3.15. The minimum Gasteiger partial charge on any atom is -0.497 e. The number of amides is 1. The lowest BCUT2D eigenvalue weighted by atomic mass is 9.82. The summed E-state index contributed by atoms with van der Waals surface area (Å²) in [6.45, 7) is 0.617. The number of methoxy groups -OCH3 is 2. The molecule has 0 aromatic heterocycles. The molecule has 0 spiro atoms. The number of aliphatic imine (C=N–C) groups is 1. The third-order valence-electron chi connectivity index (χ3n) is 7.52. The molecule has 4 aromatic rings. The van der Waals surface area contributed by atoms with Crippen LogP contribution in [-0.2, 0) is 22.5 Å². The molecule has 10 heteroatoms. The molecule has 8 nitrogen and oxygen atoms in total. The molecule has 0 saturated heterocycles. The fourth-order valence-electron chi connectivity index (χ4n) is 5.21. The molecule has 0 bridgehead atoms. The van der Waals surface area contributed by atoms with Crippen molar-refractivity contribution in [3.63, 3.8) is 0 Å². The lowest BCUT2D eigenvalue weighted by Crippen LogP contribution is -2.49. The first kappa shape index (κ1) is 32.2. The zero-order valence-electron chi connectivity index (χ0n) is 25.0. The molecule has 0 fully saturated rings. The van der Waals surface area contributed by atoms with E-state index in [0.717, 1.165) is 11.1 Å². The molecular weight excluding hydrogens is 615 g/mol. The average molecular weight is 650 g/mol. The molecule has 1 aliphatic rings. The number of carbonyl (C=O) groups excluding carboxylic acids is 1. The van der Waals surface area contributed by atoms with Gasteiger partial charge in [-0.3, -0.25) is 4.79 Å². The molecule has 2 N–H and O–H groups in total. The normalized spacial score (nSPS) is 17.3. The van der Waals surface area contributed by atoms with Crippen molar-refractivity contribution in [1.82, 2.24) is 5.32 Å². The molecular formula is C35H34Cl2N2O6. The van der Waals surface area contributed by atoms with Gasteiger partial charge in [-0.2, -0.15) is 0 Å². The summed E-state index contributed by atoms with van der Waals surface area (Å²) in [5.74, 6) is 1.81. The number of aliphatic hydroxyl groups is 1. The Morgan fingerprint density at radius 3 is 2.40 bits per heavy atom. The van der Waals surface area contributed by atoms with Gasteiger partial charge in [0.05, 0.1) is 20.8 Å². The van der Waals surface area contributed by atoms with Crippen LogP contribution in [0.5, 0.6) is 17.2 Å². The van der Waals surface area contributed by atoms with E-state index in [-0.39, 0.29) is 25.5 Å². The van der Waals surface area contributed by atoms with E-state index < -0.39 is 11.6 Å². The van der Waals surface area contributed by atoms with E-state index in [9.17, 15) is 4.79 Å². The zero-order chi connectivity index (χ0) is 31.8. The van der Waals surface area contributed by atoms with Crippen molar-refractivity contribution in [2.45, 2.75) is 31.0 Å². The summed E-state index contributed by atoms with van der Waals surface area (Å²) in [6, 6.07) is 27.5. The highest BCUT2D eigenvalue weighted by Crippen LogP contribution is 2.45. The number of rotatable bonds is 13. The van der Waals surface area contributed by atoms with Gasteiger partial charge in [0.2, 0.25) is 5.90 Å². The molecule has 1 heterocycles. The molecule has 45 heavy (non-hydrogen) atoms. The number of hydrogen-bond acceptors (Lipinski definition) is 7. The van der Waals surface area contributed by atoms with Crippen LogP contribution in [-0.4, -0.2) is 49.9 Å². The topological polar surface area (TPSA) is 98.6 Å². The second-order valence-electron chi connectivity index (χ2n) is 10.5. The molecule has 1 amide bonds. The number of hydrogen-bond donors (Lipinski definition) is 2. The van der Waals surface area contributed by atoms with Gasteiger partial charge < -0.3 is 29.4 Å². The molecule has 0 aliphatic carbocycles. The van der Waals surface area contributed by atoms with E-state index in [2.05, 4.69) is 5.32 Å². The lowest BCUT2D eigenvalue weighted by molar-refractivity contribution is -0.129. The minimum atomic E-state index is -1.44. The molecule has 4 aromatic carbocycles. The molecule has 0 radical (unpaired) electrons. The summed E-state index contributed by atoms with van der Waals surface area (Å²) in [5, 5.41) is 13.0. The van der Waals surface area contributed by atoms with E-state index in [0.29, 0.717) is 57.3 Å². The Balaban J connectivity index is 1.56. The molecule has 234 valence electrons. The Morgan fingerprint density at radius 2 is 1.71 bits per heavy atom. The van der Waals surface area contributed by atoms with E-state index in [4.69, 9.17) is 52.2 Å². The number of benzene rings is 4. The summed E-state index contributed by atoms with van der Waals surface area (Å²) in [6.07, 6.45) is -0.120. The van der Waals surface area contributed by atoms with Gasteiger partial charge in [-0.05, 0) is 54.1 Å². The summed E-state index contributed by atoms with van der Waals surface area (Å²) in [5.41, 5.74) is 1.47. The van der Waals surface area contributed by atoms with Crippen LogP contribution in [0, 0.1) is 0 Å². The smallest absolute Gasteiger partial charge is 0.252 e. The van der Waals surface area contributed by atoms with Gasteiger partial charge >= 0.3 is 0 Å². The maximum absolute atomic E-state index is 14.5. The van der Waals surface area contributed by atoms with Gasteiger partial charge in [0, 0.05) is 58.8 Å². The van der Waals surface area contributed by atoms with Gasteiger partial charge in [-0.15, -0.1) is 0 Å². The van der Waals surface area contributed by atoms with E-state index in [1.807, 2.05) is 54.6 Å². The predicted molar refractivity (Wildman–Crippen MR) is 175 cm³/mol. The number of nitrogens with zero attached hydrogens (tertiary/aromatic N) is 1. The van der Waals surface area contributed by atoms with Gasteiger partial charge in [0.25, 0.3) is 5.91 Å². The lowest BCUT2D eigenvalue weighted by Gasteiger charge is -2.31. The first-order chi connectivity index (χ1) is 21.9. The number of carbonyl (C=O) groups is 1. The first-order valence-corrected chi connectivity index (χ1v) is 15.2. The quantitative estimate of drug-likeness (QED) is 0.159. The third-order valence-corrected chi connectivity index (χ3v) is 8.09. The highest BCUT2D eigenvalue weighted by Gasteiger charge is 2.53. The predicted octanol–water partition coefficient (Wildman–Crippen LogP) is 6.59. The van der Waals surface area contributed by atoms with Crippen LogP contribution in [0.2, 0.25) is 10.0 Å². The van der Waals surface area contributed by atoms with Gasteiger partial charge in [0.15, 0.2) is 11.6 Å². The second-order valence-corrected chi connectivity index (χ2v) is 11.3. The van der Waals surface area contributed by atoms with Crippen LogP contribution in [0.3, 0.4) is 0 Å². The Kier molecular flexibility index (Phi) is 10.5. The van der Waals surface area contributed by atoms with Crippen molar-refractivity contribution in [2.24, 2.45) is 4.99 Å². The first-order valence-electron chi connectivity index (χ1n) is 14.5. The number of ether oxygens (including phenoxy) is 4. The van der Waals surface area contributed by atoms with Crippen molar-refractivity contribution >= 4 is 35.0 Å². The van der Waals surface area contributed by atoms with Gasteiger partial charge in [-0.25, -0.2) is 4.99 Å². The summed E-state index contributed by atoms with van der Waals surface area (Å²) < 4.78 is 23.2. The summed E-state index contributed by atoms with van der Waals surface area (Å²) in [4.78, 5) is 19.6. The van der Waals surface area contributed by atoms with Crippen LogP contribution in [0.4, 0.5) is 0 Å². The Hall–Kier alpha value is -4.24. The molecule has 2 atom stereocenters. The van der Waals surface area contributed by atoms with Crippen LogP contribution in [0.25, 0.3) is 0 Å². The number of halogens is 2. The third kappa shape index (κ3) is 7.36. The minimum absolute atomic E-state index is 0.0498. The van der Waals surface area contributed by atoms with Crippen molar-refractivity contribution in [1.29, 1.82) is 0 Å². The fourth-order valence-corrected chi connectivity index (χ4v) is 5.71. The number of aliphatic hydroxyl groups excluding tert-OH is 1. The maximum Gasteiger partial charge on any atom is 0.252 e. The molecule has 0 saturated carbocycles. The standard InChI is InChI=1S/C35H34Cl2N2O6/c1-42-28-15-11-25(31(20-28)43-2)22-38-34(41)35(21-23-7-4-3-5-8-23)32(29-16-12-26(36)19-30(29)37)45-33(39-35)24-9-13-27(14-10-24)44-18-6-17-40/h3-5,7-16,19-20,32,40H,6,17-18,21-22H2,1-2H3,(H,38,41)/t32-,35-/m1/s1. The highest BCUT2D eigenvalue weighted by atomic mass is 35.5. The largest absolute Gasteiger partial charge is 0.497 e. The van der Waals surface area contributed by atoms with E-state index >= 15 is 0 Å². The van der Waals surface area contributed by atoms with Crippen LogP contribution >= 0.6 is 23.2 Å². The number of nitrogens with one attached hydrogen (secondary N) is 1. The van der Waals surface area contributed by atoms with Gasteiger partial charge in [-0.1, -0.05) is 59.6 Å². The van der Waals surface area contributed by atoms with Crippen LogP contribution in [0.1, 0.15) is 34.8 Å². The van der Waals surface area contributed by atoms with Crippen molar-refractivity contribution in [2.75, 3.05) is 27.4 Å². The van der Waals surface area contributed by atoms with Crippen molar-refractivity contribution in [3.8, 4) is 17.2 Å². The average Bonchev–Trinajstić information content (AvgIpc) is 3.44. The zero-order valence-corrected chi connectivity index (χ0v) is 26.5. The maximum atomic E-state index is 14.5. The van der Waals surface area contributed by atoms with E-state index in [1.165, 1.54) is 0 Å². The Bertz CT molecular complexity index is 1650. The highest BCUT2D eigenvalue weighted by molar-refractivity contribution is 6.35. The fraction of sp³-hybridized carbons (Fsp3) is 0.257. The van der Waals surface area contributed by atoms with Crippen molar-refractivity contribution in [3.05, 3.63) is 123 Å². The van der Waals surface area contributed by atoms with Crippen LogP contribution in [0.15, 0.2) is 96.0 Å². The molecule has 1 aliphatic heterocycles. The van der Waals surface area contributed by atoms with Crippen molar-refractivity contribution < 1.29 is 28.8 Å². The van der Waals surface area contributed by atoms with E-state index in [1.54, 1.807) is 50.6 Å². The van der Waals surface area contributed by atoms with Gasteiger partial charge in [0.1, 0.15) is 17.2 Å². The molecule has 5 rings (SSSR count). The van der Waals surface area contributed by atoms with Crippen LogP contribution < -0.4 is 19.5 Å². The summed E-state index contributed by atoms with van der Waals surface area (Å²) >= 11 is 13.0. The Labute approximate surface area is 272 Å². The second kappa shape index (κ2) is 14.7. The monoisotopic (exact) mass is 648 g/mol. The molecule has 0 unspecified atom stereocenters.